The minimum Gasteiger partial charge on any atom is -0.300 e. The molecule has 0 saturated carbocycles. The summed E-state index contributed by atoms with van der Waals surface area (Å²) >= 11 is 3.10. The number of anilines is 1. The van der Waals surface area contributed by atoms with E-state index in [0.29, 0.717) is 5.13 Å². The van der Waals surface area contributed by atoms with Gasteiger partial charge in [0.1, 0.15) is 0 Å². The third kappa shape index (κ3) is 5.26. The molecule has 0 unspecified atom stereocenters. The van der Waals surface area contributed by atoms with Gasteiger partial charge in [-0.1, -0.05) is 59.9 Å². The lowest BCUT2D eigenvalue weighted by Gasteiger charge is -2.31. The van der Waals surface area contributed by atoms with Gasteiger partial charge < -0.3 is 5.32 Å². The Bertz CT molecular complexity index is 711. The van der Waals surface area contributed by atoms with Gasteiger partial charge in [0.15, 0.2) is 4.34 Å². The Morgan fingerprint density at radius 2 is 2.16 bits per heavy atom. The van der Waals surface area contributed by atoms with Crippen LogP contribution in [0.2, 0.25) is 0 Å². The average molecular weight is 377 g/mol. The highest BCUT2D eigenvalue weighted by molar-refractivity contribution is 8.01. The molecule has 5 nitrogen and oxygen atoms in total. The molecule has 1 fully saturated rings. The van der Waals surface area contributed by atoms with Gasteiger partial charge in [0.25, 0.3) is 0 Å². The van der Waals surface area contributed by atoms with E-state index in [1.165, 1.54) is 22.5 Å². The van der Waals surface area contributed by atoms with Crippen LogP contribution >= 0.6 is 23.1 Å². The number of hydrogen-bond donors (Lipinski definition) is 1. The molecule has 0 spiro atoms. The lowest BCUT2D eigenvalue weighted by Crippen LogP contribution is -2.37. The monoisotopic (exact) mass is 376 g/mol. The van der Waals surface area contributed by atoms with Crippen molar-refractivity contribution in [1.29, 1.82) is 0 Å². The van der Waals surface area contributed by atoms with Crippen molar-refractivity contribution in [2.75, 3.05) is 24.2 Å². The smallest absolute Gasteiger partial charge is 0.229 e. The molecule has 0 bridgehead atoms. The van der Waals surface area contributed by atoms with Crippen molar-refractivity contribution in [3.05, 3.63) is 35.4 Å². The van der Waals surface area contributed by atoms with Crippen LogP contribution in [-0.4, -0.2) is 39.8 Å². The van der Waals surface area contributed by atoms with Crippen LogP contribution in [0.1, 0.15) is 30.9 Å². The highest BCUT2D eigenvalue weighted by Gasteiger charge is 2.25. The molecule has 0 radical (unpaired) electrons. The van der Waals surface area contributed by atoms with E-state index in [9.17, 15) is 4.79 Å². The summed E-state index contributed by atoms with van der Waals surface area (Å²) < 4.78 is 0.908. The second-order valence-corrected chi connectivity index (χ2v) is 8.82. The minimum absolute atomic E-state index is 0.0694. The van der Waals surface area contributed by atoms with Crippen molar-refractivity contribution < 1.29 is 4.79 Å². The summed E-state index contributed by atoms with van der Waals surface area (Å²) in [5.74, 6) is 1.11. The van der Waals surface area contributed by atoms with Gasteiger partial charge in [0, 0.05) is 12.5 Å². The third-order valence-electron chi connectivity index (χ3n) is 4.35. The molecule has 0 aliphatic carbocycles. The molecule has 1 aliphatic heterocycles. The van der Waals surface area contributed by atoms with Crippen molar-refractivity contribution in [3.8, 4) is 0 Å². The first-order valence-electron chi connectivity index (χ1n) is 8.69. The number of carbonyl (C=O) groups excluding carboxylic acids is 1. The Kier molecular flexibility index (Phi) is 6.45. The standard InChI is InChI=1S/C18H24N4OS2/c1-3-24-18-21-20-17(25-18)19-16(23)15-7-9-22(10-8-15)12-14-6-4-5-13(2)11-14/h4-6,11,15H,3,7-10,12H2,1-2H3,(H,19,20,23). The molecule has 7 heteroatoms. The van der Waals surface area contributed by atoms with Crippen molar-refractivity contribution in [3.63, 3.8) is 0 Å². The van der Waals surface area contributed by atoms with Crippen LogP contribution in [0.25, 0.3) is 0 Å². The van der Waals surface area contributed by atoms with Gasteiger partial charge in [0.2, 0.25) is 11.0 Å². The number of benzene rings is 1. The Hall–Kier alpha value is -1.44. The van der Waals surface area contributed by atoms with Crippen LogP contribution < -0.4 is 5.32 Å². The largest absolute Gasteiger partial charge is 0.300 e. The van der Waals surface area contributed by atoms with Gasteiger partial charge in [-0.3, -0.25) is 9.69 Å². The van der Waals surface area contributed by atoms with Crippen LogP contribution in [0.15, 0.2) is 28.6 Å². The van der Waals surface area contributed by atoms with E-state index >= 15 is 0 Å². The predicted molar refractivity (Wildman–Crippen MR) is 104 cm³/mol. The SMILES string of the molecule is CCSc1nnc(NC(=O)C2CCN(Cc3cccc(C)c3)CC2)s1. The van der Waals surface area contributed by atoms with Crippen LogP contribution in [-0.2, 0) is 11.3 Å². The molecule has 134 valence electrons. The molecule has 1 amide bonds. The fraction of sp³-hybridized carbons (Fsp3) is 0.500. The molecule has 1 aromatic carbocycles. The Balaban J connectivity index is 1.47. The molecule has 1 N–H and O–H groups in total. The molecule has 3 rings (SSSR count). The molecule has 0 atom stereocenters. The summed E-state index contributed by atoms with van der Waals surface area (Å²) in [7, 11) is 0. The zero-order chi connectivity index (χ0) is 17.6. The number of piperidine rings is 1. The van der Waals surface area contributed by atoms with Gasteiger partial charge in [-0.25, -0.2) is 0 Å². The van der Waals surface area contributed by atoms with Crippen LogP contribution in [0, 0.1) is 12.8 Å². The normalized spacial score (nSPS) is 16.1. The Morgan fingerprint density at radius 3 is 2.88 bits per heavy atom. The van der Waals surface area contributed by atoms with Crippen LogP contribution in [0.5, 0.6) is 0 Å². The predicted octanol–water partition coefficient (Wildman–Crippen LogP) is 3.81. The lowest BCUT2D eigenvalue weighted by molar-refractivity contribution is -0.121. The number of nitrogens with one attached hydrogen (secondary N) is 1. The molecule has 1 aromatic heterocycles. The van der Waals surface area contributed by atoms with Gasteiger partial charge in [-0.15, -0.1) is 10.2 Å². The number of aryl methyl sites for hydroxylation is 1. The topological polar surface area (TPSA) is 58.1 Å². The highest BCUT2D eigenvalue weighted by Crippen LogP contribution is 2.26. The van der Waals surface area contributed by atoms with Crippen molar-refractivity contribution in [2.24, 2.45) is 5.92 Å². The second kappa shape index (κ2) is 8.78. The summed E-state index contributed by atoms with van der Waals surface area (Å²) in [5, 5.41) is 11.7. The number of thioether (sulfide) groups is 1. The summed E-state index contributed by atoms with van der Waals surface area (Å²) in [5.41, 5.74) is 2.64. The van der Waals surface area contributed by atoms with Crippen LogP contribution in [0.4, 0.5) is 5.13 Å². The number of rotatable bonds is 6. The quantitative estimate of drug-likeness (QED) is 0.614. The molecular formula is C18H24N4OS2. The maximum atomic E-state index is 12.4. The summed E-state index contributed by atoms with van der Waals surface area (Å²) in [6.45, 7) is 7.08. The highest BCUT2D eigenvalue weighted by atomic mass is 32.2. The lowest BCUT2D eigenvalue weighted by atomic mass is 9.95. The Morgan fingerprint density at radius 1 is 1.36 bits per heavy atom. The van der Waals surface area contributed by atoms with E-state index in [0.717, 1.165) is 42.6 Å². The van der Waals surface area contributed by atoms with Gasteiger partial charge in [-0.2, -0.15) is 0 Å². The number of nitrogens with zero attached hydrogens (tertiary/aromatic N) is 3. The molecule has 1 aliphatic rings. The van der Waals surface area contributed by atoms with Gasteiger partial charge in [0.05, 0.1) is 0 Å². The van der Waals surface area contributed by atoms with Crippen molar-refractivity contribution in [2.45, 2.75) is 37.6 Å². The first-order valence-corrected chi connectivity index (χ1v) is 10.5. The summed E-state index contributed by atoms with van der Waals surface area (Å²) in [4.78, 5) is 14.9. The fourth-order valence-corrected chi connectivity index (χ4v) is 4.72. The number of hydrogen-bond acceptors (Lipinski definition) is 6. The molecule has 2 heterocycles. The van der Waals surface area contributed by atoms with Gasteiger partial charge >= 0.3 is 0 Å². The van der Waals surface area contributed by atoms with Crippen molar-refractivity contribution in [1.82, 2.24) is 15.1 Å². The number of likely N-dealkylation sites (tertiary alicyclic amines) is 1. The maximum absolute atomic E-state index is 12.4. The second-order valence-electron chi connectivity index (χ2n) is 6.33. The average Bonchev–Trinajstić information content (AvgIpc) is 3.03. The first-order chi connectivity index (χ1) is 12.1. The van der Waals surface area contributed by atoms with E-state index in [2.05, 4.69) is 58.5 Å². The fourth-order valence-electron chi connectivity index (χ4n) is 3.07. The van der Waals surface area contributed by atoms with E-state index in [-0.39, 0.29) is 11.8 Å². The van der Waals surface area contributed by atoms with E-state index in [1.54, 1.807) is 11.8 Å². The van der Waals surface area contributed by atoms with E-state index in [1.807, 2.05) is 0 Å². The molecule has 25 heavy (non-hydrogen) atoms. The Labute approximate surface area is 157 Å². The third-order valence-corrected chi connectivity index (χ3v) is 6.21. The number of aromatic nitrogens is 2. The summed E-state index contributed by atoms with van der Waals surface area (Å²) in [6, 6.07) is 8.64. The summed E-state index contributed by atoms with van der Waals surface area (Å²) in [6.07, 6.45) is 1.79. The molecule has 2 aromatic rings. The molecule has 1 saturated heterocycles. The van der Waals surface area contributed by atoms with E-state index < -0.39 is 0 Å². The number of amides is 1. The molecular weight excluding hydrogens is 352 g/mol. The van der Waals surface area contributed by atoms with Crippen LogP contribution in [0.3, 0.4) is 0 Å². The number of carbonyl (C=O) groups is 1. The zero-order valence-corrected chi connectivity index (χ0v) is 16.3. The van der Waals surface area contributed by atoms with Gasteiger partial charge in [-0.05, 0) is 44.2 Å². The van der Waals surface area contributed by atoms with Crippen molar-refractivity contribution >= 4 is 34.1 Å². The zero-order valence-electron chi connectivity index (χ0n) is 14.7. The van der Waals surface area contributed by atoms with E-state index in [4.69, 9.17) is 0 Å². The minimum atomic E-state index is 0.0694. The first kappa shape index (κ1) is 18.4. The maximum Gasteiger partial charge on any atom is 0.229 e.